The SMILES string of the molecule is CC1(c2ccccc2)OC1C(C=NO)c1ccccc1. The monoisotopic (exact) mass is 267 g/mol. The molecule has 0 amide bonds. The highest BCUT2D eigenvalue weighted by Gasteiger charge is 2.57. The van der Waals surface area contributed by atoms with Gasteiger partial charge in [0.25, 0.3) is 0 Å². The van der Waals surface area contributed by atoms with Crippen molar-refractivity contribution < 1.29 is 9.94 Å². The fourth-order valence-corrected chi connectivity index (χ4v) is 2.73. The summed E-state index contributed by atoms with van der Waals surface area (Å²) in [6.07, 6.45) is 1.54. The predicted octanol–water partition coefficient (Wildman–Crippen LogP) is 3.54. The third kappa shape index (κ3) is 2.21. The highest BCUT2D eigenvalue weighted by atomic mass is 16.6. The number of hydrogen-bond acceptors (Lipinski definition) is 3. The van der Waals surface area contributed by atoms with Gasteiger partial charge in [0.05, 0.1) is 12.1 Å². The summed E-state index contributed by atoms with van der Waals surface area (Å²) < 4.78 is 5.96. The molecule has 1 saturated heterocycles. The maximum Gasteiger partial charge on any atom is 0.118 e. The molecule has 2 aromatic carbocycles. The predicted molar refractivity (Wildman–Crippen MR) is 78.1 cm³/mol. The van der Waals surface area contributed by atoms with Crippen LogP contribution in [-0.2, 0) is 10.3 Å². The highest BCUT2D eigenvalue weighted by Crippen LogP contribution is 2.51. The van der Waals surface area contributed by atoms with Crippen LogP contribution >= 0.6 is 0 Å². The van der Waals surface area contributed by atoms with E-state index in [1.54, 1.807) is 6.21 Å². The number of nitrogens with zero attached hydrogens (tertiary/aromatic N) is 1. The molecule has 3 unspecified atom stereocenters. The zero-order chi connectivity index (χ0) is 14.0. The summed E-state index contributed by atoms with van der Waals surface area (Å²) in [7, 11) is 0. The van der Waals surface area contributed by atoms with Crippen molar-refractivity contribution in [3.63, 3.8) is 0 Å². The molecule has 3 nitrogen and oxygen atoms in total. The maximum absolute atomic E-state index is 8.93. The molecular weight excluding hydrogens is 250 g/mol. The van der Waals surface area contributed by atoms with Crippen LogP contribution in [0.25, 0.3) is 0 Å². The Morgan fingerprint density at radius 3 is 2.30 bits per heavy atom. The van der Waals surface area contributed by atoms with Gasteiger partial charge in [0, 0.05) is 0 Å². The fraction of sp³-hybridized carbons (Fsp3) is 0.235. The lowest BCUT2D eigenvalue weighted by molar-refractivity contribution is 0.304. The largest absolute Gasteiger partial charge is 0.411 e. The molecule has 1 N–H and O–H groups in total. The van der Waals surface area contributed by atoms with E-state index in [2.05, 4.69) is 24.2 Å². The second-order valence-corrected chi connectivity index (χ2v) is 5.21. The molecule has 0 aliphatic carbocycles. The molecule has 0 saturated carbocycles. The second kappa shape index (κ2) is 5.10. The van der Waals surface area contributed by atoms with Crippen molar-refractivity contribution in [3.05, 3.63) is 71.8 Å². The van der Waals surface area contributed by atoms with Gasteiger partial charge in [0.15, 0.2) is 0 Å². The van der Waals surface area contributed by atoms with E-state index >= 15 is 0 Å². The van der Waals surface area contributed by atoms with Crippen LogP contribution in [-0.4, -0.2) is 17.5 Å². The van der Waals surface area contributed by atoms with Crippen molar-refractivity contribution in [2.75, 3.05) is 0 Å². The normalized spacial score (nSPS) is 26.6. The minimum Gasteiger partial charge on any atom is -0.411 e. The van der Waals surface area contributed by atoms with Crippen LogP contribution in [0.5, 0.6) is 0 Å². The molecule has 0 radical (unpaired) electrons. The third-order valence-electron chi connectivity index (χ3n) is 3.94. The van der Waals surface area contributed by atoms with E-state index in [1.165, 1.54) is 0 Å². The zero-order valence-electron chi connectivity index (χ0n) is 11.3. The topological polar surface area (TPSA) is 45.1 Å². The standard InChI is InChI=1S/C17H17NO2/c1-17(14-10-6-3-7-11-14)16(20-17)15(12-18-19)13-8-4-2-5-9-13/h2-12,15-16,19H,1H3. The first-order chi connectivity index (χ1) is 9.75. The summed E-state index contributed by atoms with van der Waals surface area (Å²) in [5, 5.41) is 12.2. The van der Waals surface area contributed by atoms with Gasteiger partial charge in [-0.2, -0.15) is 0 Å². The first-order valence-corrected chi connectivity index (χ1v) is 6.71. The molecule has 1 aliphatic heterocycles. The lowest BCUT2D eigenvalue weighted by Crippen LogP contribution is -2.16. The number of benzene rings is 2. The quantitative estimate of drug-likeness (QED) is 0.398. The Morgan fingerprint density at radius 1 is 1.10 bits per heavy atom. The molecule has 1 aliphatic rings. The van der Waals surface area contributed by atoms with E-state index in [-0.39, 0.29) is 17.6 Å². The molecule has 0 aromatic heterocycles. The van der Waals surface area contributed by atoms with Gasteiger partial charge in [-0.3, -0.25) is 0 Å². The van der Waals surface area contributed by atoms with Crippen LogP contribution in [0.1, 0.15) is 24.0 Å². The molecule has 20 heavy (non-hydrogen) atoms. The van der Waals surface area contributed by atoms with E-state index < -0.39 is 0 Å². The number of epoxide rings is 1. The van der Waals surface area contributed by atoms with Crippen LogP contribution in [0, 0.1) is 0 Å². The molecule has 102 valence electrons. The first-order valence-electron chi connectivity index (χ1n) is 6.71. The van der Waals surface area contributed by atoms with Crippen molar-refractivity contribution in [1.82, 2.24) is 0 Å². The Morgan fingerprint density at radius 2 is 1.70 bits per heavy atom. The van der Waals surface area contributed by atoms with Gasteiger partial charge in [-0.25, -0.2) is 0 Å². The van der Waals surface area contributed by atoms with Crippen LogP contribution in [0.4, 0.5) is 0 Å². The van der Waals surface area contributed by atoms with Gasteiger partial charge in [0.2, 0.25) is 0 Å². The summed E-state index contributed by atoms with van der Waals surface area (Å²) in [5.74, 6) is -0.0496. The molecule has 3 atom stereocenters. The molecular formula is C17H17NO2. The highest BCUT2D eigenvalue weighted by molar-refractivity contribution is 5.69. The lowest BCUT2D eigenvalue weighted by atomic mass is 9.87. The molecule has 3 heteroatoms. The summed E-state index contributed by atoms with van der Waals surface area (Å²) in [6.45, 7) is 2.08. The molecule has 3 rings (SSSR count). The van der Waals surface area contributed by atoms with E-state index in [0.717, 1.165) is 11.1 Å². The number of ether oxygens (including phenoxy) is 1. The van der Waals surface area contributed by atoms with Crippen molar-refractivity contribution in [1.29, 1.82) is 0 Å². The van der Waals surface area contributed by atoms with Gasteiger partial charge in [-0.05, 0) is 18.1 Å². The number of hydrogen-bond donors (Lipinski definition) is 1. The van der Waals surface area contributed by atoms with Gasteiger partial charge >= 0.3 is 0 Å². The zero-order valence-corrected chi connectivity index (χ0v) is 11.3. The Bertz CT molecular complexity index is 597. The van der Waals surface area contributed by atoms with Gasteiger partial charge in [-0.1, -0.05) is 60.7 Å². The van der Waals surface area contributed by atoms with Crippen molar-refractivity contribution in [2.45, 2.75) is 24.5 Å². The minimum absolute atomic E-state index is 0.0109. The van der Waals surface area contributed by atoms with Crippen LogP contribution in [0.15, 0.2) is 65.8 Å². The third-order valence-corrected chi connectivity index (χ3v) is 3.94. The van der Waals surface area contributed by atoms with Gasteiger partial charge in [0.1, 0.15) is 11.7 Å². The molecule has 1 fully saturated rings. The van der Waals surface area contributed by atoms with E-state index in [9.17, 15) is 0 Å². The second-order valence-electron chi connectivity index (χ2n) is 5.21. The van der Waals surface area contributed by atoms with Crippen molar-refractivity contribution in [3.8, 4) is 0 Å². The van der Waals surface area contributed by atoms with E-state index in [0.29, 0.717) is 0 Å². The van der Waals surface area contributed by atoms with E-state index in [4.69, 9.17) is 9.94 Å². The summed E-state index contributed by atoms with van der Waals surface area (Å²) in [5.41, 5.74) is 1.93. The summed E-state index contributed by atoms with van der Waals surface area (Å²) in [6, 6.07) is 20.1. The minimum atomic E-state index is -0.317. The van der Waals surface area contributed by atoms with Gasteiger partial charge in [-0.15, -0.1) is 5.16 Å². The number of oxime groups is 1. The first kappa shape index (κ1) is 12.9. The van der Waals surface area contributed by atoms with Crippen molar-refractivity contribution >= 4 is 6.21 Å². The summed E-state index contributed by atoms with van der Waals surface area (Å²) in [4.78, 5) is 0. The lowest BCUT2D eigenvalue weighted by Gasteiger charge is -2.12. The summed E-state index contributed by atoms with van der Waals surface area (Å²) >= 11 is 0. The Labute approximate surface area is 118 Å². The number of rotatable bonds is 4. The molecule has 2 aromatic rings. The van der Waals surface area contributed by atoms with Crippen LogP contribution in [0.2, 0.25) is 0 Å². The van der Waals surface area contributed by atoms with Crippen molar-refractivity contribution in [2.24, 2.45) is 5.16 Å². The Balaban J connectivity index is 1.89. The molecule has 0 spiro atoms. The van der Waals surface area contributed by atoms with E-state index in [1.807, 2.05) is 48.5 Å². The van der Waals surface area contributed by atoms with Crippen LogP contribution in [0.3, 0.4) is 0 Å². The average molecular weight is 267 g/mol. The molecule has 0 bridgehead atoms. The molecule has 1 heterocycles. The van der Waals surface area contributed by atoms with Gasteiger partial charge < -0.3 is 9.94 Å². The smallest absolute Gasteiger partial charge is 0.118 e. The van der Waals surface area contributed by atoms with Crippen LogP contribution < -0.4 is 0 Å². The fourth-order valence-electron chi connectivity index (χ4n) is 2.73. The average Bonchev–Trinajstić information content (AvgIpc) is 3.20. The Kier molecular flexibility index (Phi) is 3.28. The maximum atomic E-state index is 8.93. The Hall–Kier alpha value is -2.13.